The number of nitrogens with zero attached hydrogens (tertiary/aromatic N) is 2. The van der Waals surface area contributed by atoms with E-state index >= 15 is 0 Å². The van der Waals surface area contributed by atoms with Crippen LogP contribution in [-0.2, 0) is 40.1 Å². The molecule has 9 heteroatoms. The molecule has 0 bridgehead atoms. The first kappa shape index (κ1) is 33.2. The molecule has 3 aliphatic rings. The summed E-state index contributed by atoms with van der Waals surface area (Å²) in [7, 11) is 0. The quantitative estimate of drug-likeness (QED) is 0.305. The van der Waals surface area contributed by atoms with Crippen molar-refractivity contribution in [3.05, 3.63) is 106 Å². The Balaban J connectivity index is 1.11. The monoisotopic (exact) mass is 655 g/mol. The SMILES string of the molecule is NC1(C(=O)N[C@H](Cc2ccc(Cl)cc2)C(=O)N2CCN(C3(CNC(=O)Cc4ccccc4)CCCCC3)CC2)Cc2ccccc2C1. The van der Waals surface area contributed by atoms with Crippen molar-refractivity contribution < 1.29 is 14.4 Å². The number of nitrogens with one attached hydrogen (secondary N) is 2. The van der Waals surface area contributed by atoms with Gasteiger partial charge in [-0.1, -0.05) is 97.6 Å². The third-order valence-corrected chi connectivity index (χ3v) is 10.7. The van der Waals surface area contributed by atoms with E-state index in [0.29, 0.717) is 50.3 Å². The third-order valence-electron chi connectivity index (χ3n) is 10.4. The highest BCUT2D eigenvalue weighted by Crippen LogP contribution is 2.34. The van der Waals surface area contributed by atoms with Crippen molar-refractivity contribution in [1.82, 2.24) is 20.4 Å². The fourth-order valence-electron chi connectivity index (χ4n) is 7.71. The van der Waals surface area contributed by atoms with Gasteiger partial charge < -0.3 is 21.3 Å². The molecule has 0 unspecified atom stereocenters. The number of benzene rings is 3. The summed E-state index contributed by atoms with van der Waals surface area (Å²) in [6.07, 6.45) is 7.14. The van der Waals surface area contributed by atoms with Gasteiger partial charge in [-0.05, 0) is 60.1 Å². The van der Waals surface area contributed by atoms with Gasteiger partial charge in [-0.2, -0.15) is 0 Å². The molecule has 47 heavy (non-hydrogen) atoms. The van der Waals surface area contributed by atoms with Gasteiger partial charge in [0, 0.05) is 49.7 Å². The van der Waals surface area contributed by atoms with Crippen LogP contribution in [0.1, 0.15) is 54.4 Å². The van der Waals surface area contributed by atoms with Crippen LogP contribution in [-0.4, -0.2) is 77.4 Å². The van der Waals surface area contributed by atoms with Crippen LogP contribution in [0.4, 0.5) is 0 Å². The minimum absolute atomic E-state index is 0.0405. The van der Waals surface area contributed by atoms with Crippen LogP contribution >= 0.6 is 11.6 Å². The summed E-state index contributed by atoms with van der Waals surface area (Å²) in [4.78, 5) is 45.2. The first-order valence-electron chi connectivity index (χ1n) is 17.0. The van der Waals surface area contributed by atoms with Crippen molar-refractivity contribution in [2.24, 2.45) is 5.73 Å². The van der Waals surface area contributed by atoms with Gasteiger partial charge in [0.25, 0.3) is 0 Å². The first-order valence-corrected chi connectivity index (χ1v) is 17.4. The van der Waals surface area contributed by atoms with Crippen LogP contribution in [0.3, 0.4) is 0 Å². The Hall–Kier alpha value is -3.72. The molecular formula is C38H46ClN5O3. The van der Waals surface area contributed by atoms with Crippen LogP contribution in [0.2, 0.25) is 5.02 Å². The van der Waals surface area contributed by atoms with Gasteiger partial charge in [0.2, 0.25) is 17.7 Å². The molecule has 0 radical (unpaired) electrons. The molecule has 4 N–H and O–H groups in total. The second kappa shape index (κ2) is 14.6. The topological polar surface area (TPSA) is 108 Å². The minimum Gasteiger partial charge on any atom is -0.354 e. The highest BCUT2D eigenvalue weighted by atomic mass is 35.5. The number of hydrogen-bond donors (Lipinski definition) is 3. The normalized spacial score (nSPS) is 19.4. The number of hydrogen-bond acceptors (Lipinski definition) is 5. The maximum absolute atomic E-state index is 14.2. The van der Waals surface area contributed by atoms with E-state index in [4.69, 9.17) is 17.3 Å². The fraction of sp³-hybridized carbons (Fsp3) is 0.447. The number of halogens is 1. The molecule has 0 spiro atoms. The summed E-state index contributed by atoms with van der Waals surface area (Å²) >= 11 is 6.14. The molecule has 2 fully saturated rings. The Morgan fingerprint density at radius 1 is 0.787 bits per heavy atom. The predicted molar refractivity (Wildman–Crippen MR) is 185 cm³/mol. The highest BCUT2D eigenvalue weighted by molar-refractivity contribution is 6.30. The lowest BCUT2D eigenvalue weighted by Crippen LogP contribution is -2.64. The molecule has 2 aliphatic carbocycles. The Kier molecular flexibility index (Phi) is 10.3. The molecule has 1 saturated heterocycles. The smallest absolute Gasteiger partial charge is 0.245 e. The average molecular weight is 656 g/mol. The van der Waals surface area contributed by atoms with Crippen molar-refractivity contribution in [2.75, 3.05) is 32.7 Å². The molecule has 3 aromatic carbocycles. The Morgan fingerprint density at radius 3 is 2.04 bits per heavy atom. The van der Waals surface area contributed by atoms with Crippen molar-refractivity contribution in [1.29, 1.82) is 0 Å². The van der Waals surface area contributed by atoms with Gasteiger partial charge in [0.1, 0.15) is 11.6 Å². The molecule has 3 amide bonds. The second-order valence-electron chi connectivity index (χ2n) is 13.7. The minimum atomic E-state index is -1.10. The first-order chi connectivity index (χ1) is 22.7. The van der Waals surface area contributed by atoms with Crippen molar-refractivity contribution >= 4 is 29.3 Å². The van der Waals surface area contributed by atoms with Crippen molar-refractivity contribution in [2.45, 2.75) is 74.9 Å². The Labute approximate surface area is 283 Å². The zero-order valence-electron chi connectivity index (χ0n) is 27.1. The van der Waals surface area contributed by atoms with Crippen molar-refractivity contribution in [3.8, 4) is 0 Å². The average Bonchev–Trinajstić information content (AvgIpc) is 3.46. The number of fused-ring (bicyclic) bond motifs is 1. The van der Waals surface area contributed by atoms with Gasteiger partial charge in [-0.3, -0.25) is 19.3 Å². The van der Waals surface area contributed by atoms with Gasteiger partial charge in [-0.25, -0.2) is 0 Å². The molecule has 8 nitrogen and oxygen atoms in total. The standard InChI is InChI=1S/C38H46ClN5O3/c39-32-15-13-29(14-16-32)23-33(42-36(47)38(40)25-30-11-5-6-12-31(30)26-38)35(46)43-19-21-44(22-20-43)37(17-7-2-8-18-37)27-41-34(45)24-28-9-3-1-4-10-28/h1,3-6,9-16,33H,2,7-8,17-27,40H2,(H,41,45)(H,42,47)/t33-/m1/s1. The number of amides is 3. The summed E-state index contributed by atoms with van der Waals surface area (Å²) in [6, 6.07) is 24.4. The van der Waals surface area contributed by atoms with Crippen LogP contribution in [0.15, 0.2) is 78.9 Å². The second-order valence-corrected chi connectivity index (χ2v) is 14.1. The van der Waals surface area contributed by atoms with Crippen molar-refractivity contribution in [3.63, 3.8) is 0 Å². The van der Waals surface area contributed by atoms with Crippen LogP contribution in [0.5, 0.6) is 0 Å². The summed E-state index contributed by atoms with van der Waals surface area (Å²) in [5.41, 5.74) is 9.58. The number of nitrogens with two attached hydrogens (primary N) is 1. The molecule has 6 rings (SSSR count). The number of carbonyl (C=O) groups excluding carboxylic acids is 3. The fourth-order valence-corrected chi connectivity index (χ4v) is 7.83. The lowest BCUT2D eigenvalue weighted by Gasteiger charge is -2.50. The lowest BCUT2D eigenvalue weighted by molar-refractivity contribution is -0.140. The summed E-state index contributed by atoms with van der Waals surface area (Å²) in [5, 5.41) is 6.95. The molecule has 1 saturated carbocycles. The Bertz CT molecular complexity index is 1520. The maximum Gasteiger partial charge on any atom is 0.245 e. The third kappa shape index (κ3) is 7.88. The Morgan fingerprint density at radius 2 is 1.40 bits per heavy atom. The van der Waals surface area contributed by atoms with E-state index in [1.165, 1.54) is 6.42 Å². The largest absolute Gasteiger partial charge is 0.354 e. The van der Waals surface area contributed by atoms with Gasteiger partial charge in [-0.15, -0.1) is 0 Å². The summed E-state index contributed by atoms with van der Waals surface area (Å²) < 4.78 is 0. The van der Waals surface area contributed by atoms with E-state index < -0.39 is 11.6 Å². The van der Waals surface area contributed by atoms with Gasteiger partial charge in [0.15, 0.2) is 0 Å². The van der Waals surface area contributed by atoms with Crippen LogP contribution in [0.25, 0.3) is 0 Å². The lowest BCUT2D eigenvalue weighted by atomic mass is 9.79. The molecule has 0 aromatic heterocycles. The summed E-state index contributed by atoms with van der Waals surface area (Å²) in [5.74, 6) is -0.355. The predicted octanol–water partition coefficient (Wildman–Crippen LogP) is 4.07. The number of carbonyl (C=O) groups is 3. The van der Waals surface area contributed by atoms with E-state index in [1.807, 2.05) is 71.6 Å². The molecular weight excluding hydrogens is 610 g/mol. The molecule has 1 aliphatic heterocycles. The molecule has 1 heterocycles. The number of rotatable bonds is 10. The zero-order chi connectivity index (χ0) is 32.9. The number of piperazine rings is 1. The molecule has 248 valence electrons. The molecule has 1 atom stereocenters. The maximum atomic E-state index is 14.2. The van der Waals surface area contributed by atoms with E-state index in [0.717, 1.165) is 61.0 Å². The van der Waals surface area contributed by atoms with E-state index in [9.17, 15) is 14.4 Å². The zero-order valence-corrected chi connectivity index (χ0v) is 27.8. The van der Waals surface area contributed by atoms with Gasteiger partial charge in [0.05, 0.1) is 6.42 Å². The summed E-state index contributed by atoms with van der Waals surface area (Å²) in [6.45, 7) is 3.18. The van der Waals surface area contributed by atoms with Crippen LogP contribution < -0.4 is 16.4 Å². The van der Waals surface area contributed by atoms with E-state index in [-0.39, 0.29) is 23.3 Å². The van der Waals surface area contributed by atoms with E-state index in [2.05, 4.69) is 15.5 Å². The molecule has 3 aromatic rings. The van der Waals surface area contributed by atoms with Crippen LogP contribution in [0, 0.1) is 0 Å². The van der Waals surface area contributed by atoms with Gasteiger partial charge >= 0.3 is 0 Å². The highest BCUT2D eigenvalue weighted by Gasteiger charge is 2.43. The van der Waals surface area contributed by atoms with E-state index in [1.54, 1.807) is 12.1 Å².